The summed E-state index contributed by atoms with van der Waals surface area (Å²) >= 11 is 0. The average molecular weight is 306 g/mol. The molecule has 1 aliphatic heterocycles. The van der Waals surface area contributed by atoms with E-state index in [1.165, 1.54) is 0 Å². The number of aryl methyl sites for hydroxylation is 1. The van der Waals surface area contributed by atoms with Crippen LogP contribution in [0.1, 0.15) is 38.6 Å². The zero-order valence-electron chi connectivity index (χ0n) is 14.2. The summed E-state index contributed by atoms with van der Waals surface area (Å²) in [5.74, 6) is 0. The molecule has 1 aliphatic rings. The van der Waals surface area contributed by atoms with Crippen LogP contribution in [0.25, 0.3) is 0 Å². The van der Waals surface area contributed by atoms with Gasteiger partial charge in [-0.2, -0.15) is 0 Å². The second-order valence-corrected chi connectivity index (χ2v) is 6.92. The van der Waals surface area contributed by atoms with Gasteiger partial charge in [0.05, 0.1) is 11.4 Å². The van der Waals surface area contributed by atoms with Gasteiger partial charge < -0.3 is 9.64 Å². The van der Waals surface area contributed by atoms with Crippen LogP contribution in [0.4, 0.5) is 4.79 Å². The van der Waals surface area contributed by atoms with Gasteiger partial charge in [0.2, 0.25) is 0 Å². The van der Waals surface area contributed by atoms with Gasteiger partial charge in [-0.1, -0.05) is 0 Å². The molecule has 0 bridgehead atoms. The number of hydrogen-bond acceptors (Lipinski definition) is 5. The number of rotatable bonds is 3. The molecular weight excluding hydrogens is 280 g/mol. The maximum atomic E-state index is 12.1. The summed E-state index contributed by atoms with van der Waals surface area (Å²) in [7, 11) is 1.81. The van der Waals surface area contributed by atoms with Crippen molar-refractivity contribution in [3.8, 4) is 0 Å². The Morgan fingerprint density at radius 3 is 2.73 bits per heavy atom. The van der Waals surface area contributed by atoms with Crippen molar-refractivity contribution in [3.63, 3.8) is 0 Å². The van der Waals surface area contributed by atoms with Gasteiger partial charge in [-0.05, 0) is 34.1 Å². The fraction of sp³-hybridized carbons (Fsp3) is 0.688. The Morgan fingerprint density at radius 2 is 2.14 bits per heavy atom. The maximum absolute atomic E-state index is 12.1. The van der Waals surface area contributed by atoms with E-state index in [0.717, 1.165) is 37.4 Å². The zero-order valence-corrected chi connectivity index (χ0v) is 14.2. The SMILES string of the molecule is Cc1cnc(CN2CC[C@@H](N(C)C(=O)OC(C)(C)C)C2)cn1. The first-order valence-corrected chi connectivity index (χ1v) is 7.70. The van der Waals surface area contributed by atoms with E-state index in [0.29, 0.717) is 0 Å². The monoisotopic (exact) mass is 306 g/mol. The van der Waals surface area contributed by atoms with Crippen molar-refractivity contribution in [2.45, 2.75) is 52.3 Å². The molecule has 0 N–H and O–H groups in total. The molecule has 1 aromatic heterocycles. The molecule has 1 saturated heterocycles. The van der Waals surface area contributed by atoms with Crippen molar-refractivity contribution < 1.29 is 9.53 Å². The zero-order chi connectivity index (χ0) is 16.3. The average Bonchev–Trinajstić information content (AvgIpc) is 2.87. The molecule has 1 atom stereocenters. The summed E-state index contributed by atoms with van der Waals surface area (Å²) < 4.78 is 5.42. The second-order valence-electron chi connectivity index (χ2n) is 6.92. The van der Waals surface area contributed by atoms with Gasteiger partial charge in [0.1, 0.15) is 5.60 Å². The Labute approximate surface area is 132 Å². The predicted octanol–water partition coefficient (Wildman–Crippen LogP) is 2.23. The van der Waals surface area contributed by atoms with E-state index in [1.54, 1.807) is 11.1 Å². The molecule has 1 aromatic rings. The van der Waals surface area contributed by atoms with Gasteiger partial charge in [-0.3, -0.25) is 14.9 Å². The van der Waals surface area contributed by atoms with Crippen molar-refractivity contribution in [2.24, 2.45) is 0 Å². The van der Waals surface area contributed by atoms with E-state index in [4.69, 9.17) is 4.74 Å². The molecular formula is C16H26N4O2. The van der Waals surface area contributed by atoms with Crippen molar-refractivity contribution in [1.29, 1.82) is 0 Å². The molecule has 0 spiro atoms. The Hall–Kier alpha value is -1.69. The van der Waals surface area contributed by atoms with Crippen LogP contribution in [-0.2, 0) is 11.3 Å². The summed E-state index contributed by atoms with van der Waals surface area (Å²) in [5.41, 5.74) is 1.43. The van der Waals surface area contributed by atoms with E-state index in [2.05, 4.69) is 14.9 Å². The molecule has 0 saturated carbocycles. The molecule has 0 radical (unpaired) electrons. The minimum Gasteiger partial charge on any atom is -0.444 e. The quantitative estimate of drug-likeness (QED) is 0.857. The van der Waals surface area contributed by atoms with Crippen molar-refractivity contribution in [2.75, 3.05) is 20.1 Å². The number of aromatic nitrogens is 2. The third-order valence-corrected chi connectivity index (χ3v) is 3.70. The molecule has 0 aliphatic carbocycles. The van der Waals surface area contributed by atoms with Crippen LogP contribution >= 0.6 is 0 Å². The van der Waals surface area contributed by atoms with E-state index in [9.17, 15) is 4.79 Å². The van der Waals surface area contributed by atoms with Crippen LogP contribution in [0.15, 0.2) is 12.4 Å². The van der Waals surface area contributed by atoms with E-state index >= 15 is 0 Å². The third kappa shape index (κ3) is 4.66. The summed E-state index contributed by atoms with van der Waals surface area (Å²) in [6.45, 7) is 10.1. The van der Waals surface area contributed by atoms with Gasteiger partial charge in [0, 0.05) is 45.1 Å². The molecule has 1 fully saturated rings. The van der Waals surface area contributed by atoms with Crippen LogP contribution in [-0.4, -0.2) is 57.6 Å². The lowest BCUT2D eigenvalue weighted by Crippen LogP contribution is -2.42. The van der Waals surface area contributed by atoms with E-state index in [1.807, 2.05) is 40.9 Å². The smallest absolute Gasteiger partial charge is 0.410 e. The number of nitrogens with zero attached hydrogens (tertiary/aromatic N) is 4. The van der Waals surface area contributed by atoms with Gasteiger partial charge in [-0.25, -0.2) is 4.79 Å². The van der Waals surface area contributed by atoms with Crippen molar-refractivity contribution >= 4 is 6.09 Å². The fourth-order valence-corrected chi connectivity index (χ4v) is 2.49. The van der Waals surface area contributed by atoms with Gasteiger partial charge in [0.15, 0.2) is 0 Å². The lowest BCUT2D eigenvalue weighted by atomic mass is 10.2. The third-order valence-electron chi connectivity index (χ3n) is 3.70. The number of likely N-dealkylation sites (tertiary alicyclic amines) is 1. The lowest BCUT2D eigenvalue weighted by Gasteiger charge is -2.28. The Kier molecular flexibility index (Phi) is 5.01. The van der Waals surface area contributed by atoms with Crippen LogP contribution < -0.4 is 0 Å². The highest BCUT2D eigenvalue weighted by Crippen LogP contribution is 2.19. The van der Waals surface area contributed by atoms with E-state index in [-0.39, 0.29) is 12.1 Å². The summed E-state index contributed by atoms with van der Waals surface area (Å²) in [6.07, 6.45) is 4.31. The molecule has 2 rings (SSSR count). The Morgan fingerprint density at radius 1 is 1.41 bits per heavy atom. The highest BCUT2D eigenvalue weighted by atomic mass is 16.6. The van der Waals surface area contributed by atoms with Crippen molar-refractivity contribution in [3.05, 3.63) is 23.8 Å². The normalized spacial score (nSPS) is 19.2. The second kappa shape index (κ2) is 6.60. The molecule has 1 amide bonds. The van der Waals surface area contributed by atoms with Crippen LogP contribution in [0.5, 0.6) is 0 Å². The van der Waals surface area contributed by atoms with E-state index < -0.39 is 5.60 Å². The summed E-state index contributed by atoms with van der Waals surface area (Å²) in [6, 6.07) is 0.188. The standard InChI is InChI=1S/C16H26N4O2/c1-12-8-18-13(9-17-12)10-20-7-6-14(11-20)19(5)15(21)22-16(2,3)4/h8-9,14H,6-7,10-11H2,1-5H3/t14-/m1/s1. The Balaban J connectivity index is 1.86. The highest BCUT2D eigenvalue weighted by Gasteiger charge is 2.30. The first kappa shape index (κ1) is 16.7. The van der Waals surface area contributed by atoms with Gasteiger partial charge in [0.25, 0.3) is 0 Å². The van der Waals surface area contributed by atoms with Crippen LogP contribution in [0, 0.1) is 6.92 Å². The molecule has 6 heteroatoms. The lowest BCUT2D eigenvalue weighted by molar-refractivity contribution is 0.0228. The predicted molar refractivity (Wildman–Crippen MR) is 84.4 cm³/mol. The minimum atomic E-state index is -0.457. The molecule has 122 valence electrons. The Bertz CT molecular complexity index is 510. The van der Waals surface area contributed by atoms with Crippen LogP contribution in [0.3, 0.4) is 0 Å². The molecule has 6 nitrogen and oxygen atoms in total. The fourth-order valence-electron chi connectivity index (χ4n) is 2.49. The number of amides is 1. The number of ether oxygens (including phenoxy) is 1. The molecule has 2 heterocycles. The number of likely N-dealkylation sites (N-methyl/N-ethyl adjacent to an activating group) is 1. The summed E-state index contributed by atoms with van der Waals surface area (Å²) in [4.78, 5) is 24.8. The molecule has 0 aromatic carbocycles. The van der Waals surface area contributed by atoms with Crippen molar-refractivity contribution in [1.82, 2.24) is 19.8 Å². The van der Waals surface area contributed by atoms with Gasteiger partial charge >= 0.3 is 6.09 Å². The summed E-state index contributed by atoms with van der Waals surface area (Å²) in [5, 5.41) is 0. The molecule has 0 unspecified atom stereocenters. The number of hydrogen-bond donors (Lipinski definition) is 0. The van der Waals surface area contributed by atoms with Gasteiger partial charge in [-0.15, -0.1) is 0 Å². The first-order valence-electron chi connectivity index (χ1n) is 7.70. The first-order chi connectivity index (χ1) is 10.2. The maximum Gasteiger partial charge on any atom is 0.410 e. The number of carbonyl (C=O) groups excluding carboxylic acids is 1. The van der Waals surface area contributed by atoms with Crippen LogP contribution in [0.2, 0.25) is 0 Å². The highest BCUT2D eigenvalue weighted by molar-refractivity contribution is 5.68. The largest absolute Gasteiger partial charge is 0.444 e. The number of carbonyl (C=O) groups is 1. The minimum absolute atomic E-state index is 0.188. The molecule has 22 heavy (non-hydrogen) atoms. The topological polar surface area (TPSA) is 58.6 Å².